The van der Waals surface area contributed by atoms with Crippen LogP contribution in [-0.4, -0.2) is 78.1 Å². The van der Waals surface area contributed by atoms with Crippen molar-refractivity contribution >= 4 is 28.2 Å². The molecular formula is C38H49N5O2. The largest absolute Gasteiger partial charge is 0.493 e. The summed E-state index contributed by atoms with van der Waals surface area (Å²) >= 11 is 0. The minimum absolute atomic E-state index is 0.000226. The van der Waals surface area contributed by atoms with E-state index in [2.05, 4.69) is 84.2 Å². The number of para-hydroxylation sites is 2. The second-order valence-corrected chi connectivity index (χ2v) is 13.0. The highest BCUT2D eigenvalue weighted by atomic mass is 16.5. The van der Waals surface area contributed by atoms with Gasteiger partial charge < -0.3 is 24.8 Å². The molecule has 2 N–H and O–H groups in total. The minimum Gasteiger partial charge on any atom is -0.493 e. The minimum atomic E-state index is -0.000226. The summed E-state index contributed by atoms with van der Waals surface area (Å²) < 4.78 is 6.57. The summed E-state index contributed by atoms with van der Waals surface area (Å²) in [4.78, 5) is 24.5. The first-order valence-electron chi connectivity index (χ1n) is 16.9. The second kappa shape index (κ2) is 14.1. The summed E-state index contributed by atoms with van der Waals surface area (Å²) in [6, 6.07) is 24.0. The zero-order valence-corrected chi connectivity index (χ0v) is 27.4. The molecule has 0 saturated carbocycles. The van der Waals surface area contributed by atoms with Crippen LogP contribution in [0.15, 0.2) is 72.9 Å². The van der Waals surface area contributed by atoms with Crippen molar-refractivity contribution in [2.24, 2.45) is 0 Å². The molecule has 2 aliphatic rings. The van der Waals surface area contributed by atoms with Crippen LogP contribution >= 0.6 is 0 Å². The fourth-order valence-corrected chi connectivity index (χ4v) is 7.11. The van der Waals surface area contributed by atoms with Crippen molar-refractivity contribution in [3.8, 4) is 16.9 Å². The highest BCUT2D eigenvalue weighted by Gasteiger charge is 2.29. The Kier molecular flexibility index (Phi) is 9.76. The molecule has 0 unspecified atom stereocenters. The van der Waals surface area contributed by atoms with Gasteiger partial charge >= 0.3 is 0 Å². The third-order valence-electron chi connectivity index (χ3n) is 9.54. The predicted octanol–water partition coefficient (Wildman–Crippen LogP) is 7.65. The molecule has 0 bridgehead atoms. The van der Waals surface area contributed by atoms with E-state index in [-0.39, 0.29) is 5.91 Å². The van der Waals surface area contributed by atoms with E-state index < -0.39 is 0 Å². The van der Waals surface area contributed by atoms with Gasteiger partial charge in [-0.05, 0) is 106 Å². The SMILES string of the molecule is CCCCN1[C@H](C)CN(CCCOc2cc(C(=O)N3CC[C@H](C)Nc4ccccc43)ccc2-c2ccc3[nH]ccc3c2)C[C@@H]1C. The monoisotopic (exact) mass is 607 g/mol. The molecule has 1 aromatic heterocycles. The molecule has 1 amide bonds. The lowest BCUT2D eigenvalue weighted by molar-refractivity contribution is 0.0358. The number of ether oxygens (including phenoxy) is 1. The number of unbranched alkanes of at least 4 members (excludes halogenated alkanes) is 1. The number of benzene rings is 3. The predicted molar refractivity (Wildman–Crippen MR) is 187 cm³/mol. The van der Waals surface area contributed by atoms with E-state index in [4.69, 9.17) is 4.74 Å². The molecule has 0 radical (unpaired) electrons. The molecule has 3 atom stereocenters. The average molecular weight is 608 g/mol. The van der Waals surface area contributed by atoms with E-state index in [9.17, 15) is 4.79 Å². The summed E-state index contributed by atoms with van der Waals surface area (Å²) in [6.07, 6.45) is 6.29. The van der Waals surface area contributed by atoms with Gasteiger partial charge in [-0.15, -0.1) is 0 Å². The smallest absolute Gasteiger partial charge is 0.258 e. The molecule has 1 fully saturated rings. The number of aromatic nitrogens is 1. The lowest BCUT2D eigenvalue weighted by atomic mass is 10.0. The van der Waals surface area contributed by atoms with Gasteiger partial charge in [0.25, 0.3) is 5.91 Å². The van der Waals surface area contributed by atoms with Gasteiger partial charge in [0.1, 0.15) is 5.75 Å². The van der Waals surface area contributed by atoms with E-state index in [0.29, 0.717) is 36.8 Å². The number of carbonyl (C=O) groups excluding carboxylic acids is 1. The third kappa shape index (κ3) is 7.05. The fourth-order valence-electron chi connectivity index (χ4n) is 7.11. The van der Waals surface area contributed by atoms with Crippen LogP contribution in [-0.2, 0) is 0 Å². The van der Waals surface area contributed by atoms with E-state index in [0.717, 1.165) is 71.6 Å². The molecule has 2 aliphatic heterocycles. The van der Waals surface area contributed by atoms with E-state index in [1.165, 1.54) is 19.4 Å². The molecule has 0 aliphatic carbocycles. The van der Waals surface area contributed by atoms with Gasteiger partial charge in [-0.2, -0.15) is 0 Å². The number of fused-ring (bicyclic) bond motifs is 2. The molecule has 7 nitrogen and oxygen atoms in total. The average Bonchev–Trinajstić information content (AvgIpc) is 3.44. The first-order valence-corrected chi connectivity index (χ1v) is 16.9. The Bertz CT molecular complexity index is 1590. The Hall–Kier alpha value is -3.81. The van der Waals surface area contributed by atoms with Gasteiger partial charge in [0.2, 0.25) is 0 Å². The number of nitrogens with one attached hydrogen (secondary N) is 2. The van der Waals surface area contributed by atoms with Gasteiger partial charge in [0.05, 0.1) is 18.0 Å². The van der Waals surface area contributed by atoms with Gasteiger partial charge in [-0.1, -0.05) is 31.5 Å². The topological polar surface area (TPSA) is 63.8 Å². The first-order chi connectivity index (χ1) is 21.9. The number of H-pyrrole nitrogens is 1. The number of rotatable bonds is 10. The van der Waals surface area contributed by atoms with Gasteiger partial charge in [0.15, 0.2) is 0 Å². The van der Waals surface area contributed by atoms with Crippen molar-refractivity contribution in [1.29, 1.82) is 0 Å². The highest BCUT2D eigenvalue weighted by molar-refractivity contribution is 6.08. The fraction of sp³-hybridized carbons (Fsp3) is 0.447. The van der Waals surface area contributed by atoms with Gasteiger partial charge in [0, 0.05) is 67.1 Å². The van der Waals surface area contributed by atoms with Gasteiger partial charge in [-0.25, -0.2) is 0 Å². The number of hydrogen-bond acceptors (Lipinski definition) is 5. The summed E-state index contributed by atoms with van der Waals surface area (Å²) in [6.45, 7) is 14.8. The lowest BCUT2D eigenvalue weighted by Crippen LogP contribution is -2.56. The van der Waals surface area contributed by atoms with Crippen LogP contribution in [0.5, 0.6) is 5.75 Å². The third-order valence-corrected chi connectivity index (χ3v) is 9.54. The van der Waals surface area contributed by atoms with Crippen molar-refractivity contribution < 1.29 is 9.53 Å². The number of carbonyl (C=O) groups is 1. The molecule has 3 aromatic carbocycles. The summed E-state index contributed by atoms with van der Waals surface area (Å²) in [5, 5.41) is 4.72. The lowest BCUT2D eigenvalue weighted by Gasteiger charge is -2.44. The van der Waals surface area contributed by atoms with Crippen LogP contribution in [0.4, 0.5) is 11.4 Å². The normalized spacial score (nSPS) is 20.9. The van der Waals surface area contributed by atoms with Crippen LogP contribution < -0.4 is 15.0 Å². The maximum atomic E-state index is 14.1. The maximum Gasteiger partial charge on any atom is 0.258 e. The molecule has 45 heavy (non-hydrogen) atoms. The Morgan fingerprint density at radius 1 is 0.933 bits per heavy atom. The molecule has 0 spiro atoms. The standard InChI is InChI=1S/C38H49N5O2/c1-5-6-20-42-28(3)25-41(26-29(42)4)19-9-22-45-37-24-32(12-14-33(37)30-13-15-34-31(23-30)16-18-39-34)38(44)43-21-17-27(2)40-35-10-7-8-11-36(35)43/h7-8,10-16,18,23-24,27-29,39-40H,5-6,9,17,19-22,25-26H2,1-4H3/t27-,28-,29+/m0/s1. The van der Waals surface area contributed by atoms with Crippen LogP contribution in [0.25, 0.3) is 22.0 Å². The number of anilines is 2. The Morgan fingerprint density at radius 3 is 2.58 bits per heavy atom. The molecule has 6 rings (SSSR count). The van der Waals surface area contributed by atoms with Crippen molar-refractivity contribution in [2.45, 2.75) is 71.5 Å². The van der Waals surface area contributed by atoms with Crippen molar-refractivity contribution in [1.82, 2.24) is 14.8 Å². The van der Waals surface area contributed by atoms with E-state index in [1.807, 2.05) is 41.4 Å². The molecule has 3 heterocycles. The Balaban J connectivity index is 1.20. The molecule has 1 saturated heterocycles. The number of piperazine rings is 1. The van der Waals surface area contributed by atoms with Crippen molar-refractivity contribution in [3.05, 3.63) is 78.5 Å². The molecule has 238 valence electrons. The molecule has 7 heteroatoms. The number of amides is 1. The summed E-state index contributed by atoms with van der Waals surface area (Å²) in [7, 11) is 0. The summed E-state index contributed by atoms with van der Waals surface area (Å²) in [5.41, 5.74) is 5.77. The van der Waals surface area contributed by atoms with E-state index in [1.54, 1.807) is 0 Å². The van der Waals surface area contributed by atoms with Crippen molar-refractivity contribution in [2.75, 3.05) is 49.5 Å². The molecular weight excluding hydrogens is 558 g/mol. The highest BCUT2D eigenvalue weighted by Crippen LogP contribution is 2.35. The number of nitrogens with zero attached hydrogens (tertiary/aromatic N) is 3. The quantitative estimate of drug-likeness (QED) is 0.181. The summed E-state index contributed by atoms with van der Waals surface area (Å²) in [5.74, 6) is 0.760. The maximum absolute atomic E-state index is 14.1. The van der Waals surface area contributed by atoms with Crippen LogP contribution in [0.1, 0.15) is 63.7 Å². The van der Waals surface area contributed by atoms with Crippen molar-refractivity contribution in [3.63, 3.8) is 0 Å². The first kappa shape index (κ1) is 31.2. The zero-order chi connectivity index (χ0) is 31.3. The van der Waals surface area contributed by atoms with E-state index >= 15 is 0 Å². The van der Waals surface area contributed by atoms with Gasteiger partial charge in [-0.3, -0.25) is 9.69 Å². The zero-order valence-electron chi connectivity index (χ0n) is 27.4. The number of aromatic amines is 1. The number of hydrogen-bond donors (Lipinski definition) is 2. The Morgan fingerprint density at radius 2 is 1.76 bits per heavy atom. The molecule has 4 aromatic rings. The van der Waals surface area contributed by atoms with Crippen LogP contribution in [0.3, 0.4) is 0 Å². The second-order valence-electron chi connectivity index (χ2n) is 13.0. The van der Waals surface area contributed by atoms with Crippen LogP contribution in [0, 0.1) is 0 Å². The van der Waals surface area contributed by atoms with Crippen LogP contribution in [0.2, 0.25) is 0 Å². The Labute approximate surface area is 268 Å².